The van der Waals surface area contributed by atoms with Gasteiger partial charge in [-0.3, -0.25) is 19.7 Å². The molecule has 0 radical (unpaired) electrons. The second-order valence-corrected chi connectivity index (χ2v) is 10.7. The van der Waals surface area contributed by atoms with E-state index in [0.717, 1.165) is 15.5 Å². The topological polar surface area (TPSA) is 113 Å². The van der Waals surface area contributed by atoms with Crippen molar-refractivity contribution < 1.29 is 14.4 Å². The lowest BCUT2D eigenvalue weighted by Crippen LogP contribution is -2.30. The molecular weight excluding hydrogens is 518 g/mol. The molecule has 3 amide bonds. The lowest BCUT2D eigenvalue weighted by atomic mass is 10.1. The summed E-state index contributed by atoms with van der Waals surface area (Å²) in [7, 11) is 0. The van der Waals surface area contributed by atoms with Gasteiger partial charge in [0.05, 0.1) is 5.25 Å². The molecule has 3 N–H and O–H groups in total. The Morgan fingerprint density at radius 1 is 0.868 bits per heavy atom. The number of amides is 3. The lowest BCUT2D eigenvalue weighted by molar-refractivity contribution is -0.115. The summed E-state index contributed by atoms with van der Waals surface area (Å²) in [4.78, 5) is 39.2. The van der Waals surface area contributed by atoms with Gasteiger partial charge in [0, 0.05) is 16.1 Å². The minimum absolute atomic E-state index is 0.112. The van der Waals surface area contributed by atoms with E-state index in [-0.39, 0.29) is 22.8 Å². The maximum absolute atomic E-state index is 13.1. The van der Waals surface area contributed by atoms with Crippen molar-refractivity contribution in [2.45, 2.75) is 24.0 Å². The summed E-state index contributed by atoms with van der Waals surface area (Å²) in [5.41, 5.74) is 1.88. The summed E-state index contributed by atoms with van der Waals surface area (Å²) in [5.74, 6) is -1.02. The Labute approximate surface area is 228 Å². The number of thioether (sulfide) groups is 1. The molecule has 0 aliphatic rings. The van der Waals surface area contributed by atoms with Crippen LogP contribution in [0.3, 0.4) is 0 Å². The van der Waals surface area contributed by atoms with Crippen molar-refractivity contribution in [3.63, 3.8) is 0 Å². The van der Waals surface area contributed by atoms with Crippen LogP contribution in [0.25, 0.3) is 6.08 Å². The maximum atomic E-state index is 13.1. The van der Waals surface area contributed by atoms with Crippen LogP contribution in [0.5, 0.6) is 0 Å². The molecule has 1 atom stereocenters. The Bertz CT molecular complexity index is 1440. The zero-order chi connectivity index (χ0) is 26.9. The van der Waals surface area contributed by atoms with Crippen LogP contribution in [0.2, 0.25) is 0 Å². The zero-order valence-corrected chi connectivity index (χ0v) is 22.3. The number of nitrogens with one attached hydrogen (secondary N) is 3. The van der Waals surface area contributed by atoms with Crippen LogP contribution in [0, 0.1) is 6.92 Å². The number of nitrogens with zero attached hydrogens (tertiary/aromatic N) is 2. The predicted octanol–water partition coefficient (Wildman–Crippen LogP) is 5.38. The Morgan fingerprint density at radius 3 is 2.16 bits per heavy atom. The van der Waals surface area contributed by atoms with E-state index in [1.54, 1.807) is 49.4 Å². The molecule has 1 unspecified atom stereocenters. The van der Waals surface area contributed by atoms with Crippen LogP contribution < -0.4 is 16.0 Å². The highest BCUT2D eigenvalue weighted by Gasteiger charge is 2.17. The minimum atomic E-state index is -0.460. The van der Waals surface area contributed by atoms with E-state index in [1.807, 2.05) is 55.5 Å². The SMILES string of the molecule is Cc1nnc(NC(=O)C(C)Sc2ccc(NC(=O)/C(=C/c3ccccc3)NC(=O)c3ccccc3)cc2)s1. The molecule has 0 aliphatic heterocycles. The Hall–Kier alpha value is -4.28. The molecule has 0 saturated heterocycles. The average Bonchev–Trinajstić information content (AvgIpc) is 3.34. The van der Waals surface area contributed by atoms with Crippen LogP contribution in [0.1, 0.15) is 27.9 Å². The summed E-state index contributed by atoms with van der Waals surface area (Å²) < 4.78 is 0. The standard InChI is InChI=1S/C28H25N5O3S2/c1-18(25(34)31-28-33-32-19(2)38-28)37-23-15-13-22(14-16-23)29-27(36)24(17-20-9-5-3-6-10-20)30-26(35)21-11-7-4-8-12-21/h3-18H,1-2H3,(H,29,36)(H,30,35)(H,31,33,34)/b24-17-. The number of rotatable bonds is 9. The van der Waals surface area contributed by atoms with Gasteiger partial charge >= 0.3 is 0 Å². The van der Waals surface area contributed by atoms with E-state index >= 15 is 0 Å². The van der Waals surface area contributed by atoms with Gasteiger partial charge in [-0.15, -0.1) is 22.0 Å². The Morgan fingerprint density at radius 2 is 1.53 bits per heavy atom. The number of benzene rings is 3. The summed E-state index contributed by atoms with van der Waals surface area (Å²) in [6.45, 7) is 3.63. The highest BCUT2D eigenvalue weighted by atomic mass is 32.2. The van der Waals surface area contributed by atoms with Gasteiger partial charge in [0.15, 0.2) is 0 Å². The predicted molar refractivity (Wildman–Crippen MR) is 152 cm³/mol. The molecule has 1 heterocycles. The zero-order valence-electron chi connectivity index (χ0n) is 20.7. The summed E-state index contributed by atoms with van der Waals surface area (Å²) >= 11 is 2.70. The number of aromatic nitrogens is 2. The van der Waals surface area contributed by atoms with Gasteiger partial charge in [0.1, 0.15) is 10.7 Å². The molecule has 3 aromatic carbocycles. The van der Waals surface area contributed by atoms with E-state index in [0.29, 0.717) is 16.4 Å². The van der Waals surface area contributed by atoms with Crippen molar-refractivity contribution in [2.24, 2.45) is 0 Å². The first kappa shape index (κ1) is 26.8. The van der Waals surface area contributed by atoms with Crippen LogP contribution in [-0.4, -0.2) is 33.2 Å². The number of carbonyl (C=O) groups is 3. The molecule has 0 bridgehead atoms. The first-order valence-electron chi connectivity index (χ1n) is 11.7. The van der Waals surface area contributed by atoms with Gasteiger partial charge in [0.25, 0.3) is 11.8 Å². The van der Waals surface area contributed by atoms with Crippen molar-refractivity contribution in [2.75, 3.05) is 10.6 Å². The van der Waals surface area contributed by atoms with Crippen LogP contribution in [0.15, 0.2) is 95.5 Å². The third-order valence-corrected chi connectivity index (χ3v) is 7.06. The molecule has 38 heavy (non-hydrogen) atoms. The number of anilines is 2. The fraction of sp³-hybridized carbons (Fsp3) is 0.107. The highest BCUT2D eigenvalue weighted by Crippen LogP contribution is 2.26. The van der Waals surface area contributed by atoms with Gasteiger partial charge < -0.3 is 10.6 Å². The largest absolute Gasteiger partial charge is 0.321 e. The molecule has 0 aliphatic carbocycles. The van der Waals surface area contributed by atoms with Crippen LogP contribution in [0.4, 0.5) is 10.8 Å². The number of hydrogen-bond donors (Lipinski definition) is 3. The number of aryl methyl sites for hydroxylation is 1. The van der Waals surface area contributed by atoms with Crippen LogP contribution >= 0.6 is 23.1 Å². The molecular formula is C28H25N5O3S2. The maximum Gasteiger partial charge on any atom is 0.272 e. The van der Waals surface area contributed by atoms with E-state index < -0.39 is 5.91 Å². The van der Waals surface area contributed by atoms with Crippen molar-refractivity contribution in [3.8, 4) is 0 Å². The first-order chi connectivity index (χ1) is 18.4. The normalized spacial score (nSPS) is 11.9. The lowest BCUT2D eigenvalue weighted by Gasteiger charge is -2.13. The molecule has 10 heteroatoms. The monoisotopic (exact) mass is 543 g/mol. The fourth-order valence-electron chi connectivity index (χ4n) is 3.29. The Kier molecular flexibility index (Phi) is 9.02. The third kappa shape index (κ3) is 7.61. The molecule has 0 fully saturated rings. The molecule has 1 aromatic heterocycles. The van der Waals surface area contributed by atoms with Gasteiger partial charge in [-0.1, -0.05) is 59.9 Å². The Balaban J connectivity index is 1.41. The van der Waals surface area contributed by atoms with Gasteiger partial charge in [-0.25, -0.2) is 0 Å². The van der Waals surface area contributed by atoms with E-state index in [4.69, 9.17) is 0 Å². The van der Waals surface area contributed by atoms with Crippen molar-refractivity contribution in [3.05, 3.63) is 107 Å². The quantitative estimate of drug-likeness (QED) is 0.193. The molecule has 8 nitrogen and oxygen atoms in total. The second kappa shape index (κ2) is 12.8. The smallest absolute Gasteiger partial charge is 0.272 e. The van der Waals surface area contributed by atoms with Crippen molar-refractivity contribution in [1.29, 1.82) is 0 Å². The van der Waals surface area contributed by atoms with E-state index in [2.05, 4.69) is 26.1 Å². The summed E-state index contributed by atoms with van der Waals surface area (Å²) in [6, 6.07) is 25.1. The molecule has 4 rings (SSSR count). The average molecular weight is 544 g/mol. The number of carbonyl (C=O) groups excluding carboxylic acids is 3. The van der Waals surface area contributed by atoms with Gasteiger partial charge in [-0.2, -0.15) is 0 Å². The molecule has 0 saturated carbocycles. The molecule has 0 spiro atoms. The van der Waals surface area contributed by atoms with Crippen molar-refractivity contribution >= 4 is 57.7 Å². The number of hydrogen-bond acceptors (Lipinski definition) is 7. The summed E-state index contributed by atoms with van der Waals surface area (Å²) in [6.07, 6.45) is 1.63. The van der Waals surface area contributed by atoms with Crippen LogP contribution in [-0.2, 0) is 9.59 Å². The molecule has 192 valence electrons. The van der Waals surface area contributed by atoms with E-state index in [1.165, 1.54) is 23.1 Å². The second-order valence-electron chi connectivity index (χ2n) is 8.14. The molecule has 4 aromatic rings. The van der Waals surface area contributed by atoms with Gasteiger partial charge in [-0.05, 0) is 61.9 Å². The van der Waals surface area contributed by atoms with Crippen molar-refractivity contribution in [1.82, 2.24) is 15.5 Å². The third-order valence-electron chi connectivity index (χ3n) is 5.19. The van der Waals surface area contributed by atoms with E-state index in [9.17, 15) is 14.4 Å². The first-order valence-corrected chi connectivity index (χ1v) is 13.4. The fourth-order valence-corrected chi connectivity index (χ4v) is 4.75. The minimum Gasteiger partial charge on any atom is -0.321 e. The summed E-state index contributed by atoms with van der Waals surface area (Å²) in [5, 5.41) is 17.0. The highest BCUT2D eigenvalue weighted by molar-refractivity contribution is 8.00. The van der Waals surface area contributed by atoms with Gasteiger partial charge in [0.2, 0.25) is 11.0 Å².